The number of aryl methyl sites for hydroxylation is 2. The summed E-state index contributed by atoms with van der Waals surface area (Å²) in [4.78, 5) is 12.2. The van der Waals surface area contributed by atoms with E-state index in [0.717, 1.165) is 44.7 Å². The van der Waals surface area contributed by atoms with Gasteiger partial charge in [-0.25, -0.2) is 0 Å². The highest BCUT2D eigenvalue weighted by atomic mass is 32.2. The van der Waals surface area contributed by atoms with Crippen LogP contribution in [-0.4, -0.2) is 20.3 Å². The predicted molar refractivity (Wildman–Crippen MR) is 144 cm³/mol. The third-order valence-electron chi connectivity index (χ3n) is 5.69. The lowest BCUT2D eigenvalue weighted by molar-refractivity contribution is -0.218. The molecule has 4 rings (SSSR count). The van der Waals surface area contributed by atoms with E-state index in [1.165, 1.54) is 6.07 Å². The average molecular weight is 533 g/mol. The van der Waals surface area contributed by atoms with Gasteiger partial charge in [0.05, 0.1) is 6.42 Å². The lowest BCUT2D eigenvalue weighted by Gasteiger charge is -2.14. The quantitative estimate of drug-likeness (QED) is 0.161. The zero-order valence-electron chi connectivity index (χ0n) is 20.3. The van der Waals surface area contributed by atoms with E-state index >= 15 is 0 Å². The third kappa shape index (κ3) is 7.38. The van der Waals surface area contributed by atoms with Crippen LogP contribution in [0.5, 0.6) is 0 Å². The van der Waals surface area contributed by atoms with Crippen LogP contribution >= 0.6 is 11.3 Å². The fraction of sp³-hybridized carbons (Fsp3) is 0.172. The molecule has 0 amide bonds. The fourth-order valence-electron chi connectivity index (χ4n) is 3.88. The Bertz CT molecular complexity index is 1490. The molecule has 0 unspecified atom stereocenters. The minimum Gasteiger partial charge on any atom is -0.861 e. The monoisotopic (exact) mass is 532 g/mol. The molecule has 190 valence electrons. The van der Waals surface area contributed by atoms with Crippen molar-refractivity contribution >= 4 is 33.2 Å². The molecule has 0 saturated carbocycles. The molecule has 0 aliphatic heterocycles. The number of rotatable bonds is 10. The summed E-state index contributed by atoms with van der Waals surface area (Å²) in [6, 6.07) is 26.2. The molecule has 0 bridgehead atoms. The first-order chi connectivity index (χ1) is 17.8. The lowest BCUT2D eigenvalue weighted by Crippen LogP contribution is -2.20. The second-order valence-corrected chi connectivity index (χ2v) is 11.4. The molecule has 37 heavy (non-hydrogen) atoms. The van der Waals surface area contributed by atoms with Gasteiger partial charge >= 0.3 is 5.97 Å². The second-order valence-electron chi connectivity index (χ2n) is 8.57. The zero-order chi connectivity index (χ0) is 26.3. The number of hydrogen-bond donors (Lipinski definition) is 0. The van der Waals surface area contributed by atoms with Gasteiger partial charge < -0.3 is 9.84 Å². The first-order valence-corrected chi connectivity index (χ1v) is 14.0. The summed E-state index contributed by atoms with van der Waals surface area (Å²) >= 11 is 1.03. The Morgan fingerprint density at radius 3 is 2.46 bits per heavy atom. The number of sulfonamides is 1. The van der Waals surface area contributed by atoms with E-state index in [-0.39, 0.29) is 29.6 Å². The molecule has 3 aromatic carbocycles. The Morgan fingerprint density at radius 1 is 0.946 bits per heavy atom. The Hall–Kier alpha value is -3.75. The van der Waals surface area contributed by atoms with Crippen molar-refractivity contribution in [3.8, 4) is 11.1 Å². The van der Waals surface area contributed by atoms with Gasteiger partial charge in [-0.05, 0) is 64.9 Å². The van der Waals surface area contributed by atoms with E-state index in [1.54, 1.807) is 11.4 Å². The molecule has 1 heterocycles. The van der Waals surface area contributed by atoms with Gasteiger partial charge in [-0.1, -0.05) is 84.4 Å². The first-order valence-electron chi connectivity index (χ1n) is 11.7. The van der Waals surface area contributed by atoms with Gasteiger partial charge in [0.1, 0.15) is 10.8 Å². The molecule has 0 aliphatic rings. The molecule has 6 nitrogen and oxygen atoms in total. The summed E-state index contributed by atoms with van der Waals surface area (Å²) in [5.41, 5.74) is 5.69. The molecule has 1 aromatic heterocycles. The number of benzene rings is 3. The predicted octanol–water partition coefficient (Wildman–Crippen LogP) is 5.09. The molecule has 0 N–H and O–H groups in total. The van der Waals surface area contributed by atoms with Gasteiger partial charge in [0.15, 0.2) is 0 Å². The smallest absolute Gasteiger partial charge is 0.310 e. The fourth-order valence-corrected chi connectivity index (χ4v) is 5.79. The number of esters is 1. The van der Waals surface area contributed by atoms with Gasteiger partial charge in [-0.15, -0.1) is 11.3 Å². The molecule has 0 spiro atoms. The van der Waals surface area contributed by atoms with Gasteiger partial charge in [-0.2, -0.15) is 12.8 Å². The van der Waals surface area contributed by atoms with Crippen LogP contribution in [0.25, 0.3) is 11.1 Å². The van der Waals surface area contributed by atoms with Crippen LogP contribution in [0, 0.1) is 6.92 Å². The van der Waals surface area contributed by atoms with Gasteiger partial charge in [0.25, 0.3) is 10.0 Å². The summed E-state index contributed by atoms with van der Waals surface area (Å²) < 4.78 is 33.4. The van der Waals surface area contributed by atoms with Crippen molar-refractivity contribution in [3.63, 3.8) is 0 Å². The topological polar surface area (TPSA) is 95.9 Å². The molecular formula is C29H26NO5S2-. The number of ether oxygens (including phenoxy) is 1. The SMILES string of the molecule is Cc1cccc(CC(=O)OCc2ccc(-c3ccccc3CC/C([O-])=N\S(=O)(=O)c3cccs3)cc2)c1. The van der Waals surface area contributed by atoms with Crippen molar-refractivity contribution in [2.45, 2.75) is 37.0 Å². The van der Waals surface area contributed by atoms with Crippen LogP contribution in [0.2, 0.25) is 0 Å². The van der Waals surface area contributed by atoms with Crippen LogP contribution in [0.4, 0.5) is 0 Å². The van der Waals surface area contributed by atoms with Gasteiger partial charge in [0.2, 0.25) is 0 Å². The third-order valence-corrected chi connectivity index (χ3v) is 8.36. The van der Waals surface area contributed by atoms with Crippen LogP contribution in [0.1, 0.15) is 28.7 Å². The van der Waals surface area contributed by atoms with E-state index < -0.39 is 15.9 Å². The first kappa shape index (κ1) is 26.3. The highest BCUT2D eigenvalue weighted by Gasteiger charge is 2.13. The molecular weight excluding hydrogens is 506 g/mol. The van der Waals surface area contributed by atoms with E-state index in [0.29, 0.717) is 6.42 Å². The lowest BCUT2D eigenvalue weighted by atomic mass is 9.96. The van der Waals surface area contributed by atoms with Crippen LogP contribution in [0.3, 0.4) is 0 Å². The van der Waals surface area contributed by atoms with Gasteiger partial charge in [0, 0.05) is 0 Å². The van der Waals surface area contributed by atoms with Crippen LogP contribution in [0.15, 0.2) is 98.9 Å². The minimum atomic E-state index is -3.96. The average Bonchev–Trinajstić information content (AvgIpc) is 3.43. The summed E-state index contributed by atoms with van der Waals surface area (Å²) in [6.45, 7) is 2.17. The molecule has 0 aliphatic carbocycles. The standard InChI is InChI=1S/C29H27NO5S2/c1-21-6-4-7-23(18-21)19-28(32)35-20-22-11-13-25(14-12-22)26-9-3-2-8-24(26)15-16-27(31)30-37(33,34)29-10-5-17-36-29/h2-14,17-18H,15-16,19-20H2,1H3,(H,30,31)/p-1. The number of thiophene rings is 1. The molecule has 4 aromatic rings. The summed E-state index contributed by atoms with van der Waals surface area (Å²) in [5, 5.41) is 13.9. The minimum absolute atomic E-state index is 0.0173. The highest BCUT2D eigenvalue weighted by Crippen LogP contribution is 2.26. The van der Waals surface area contributed by atoms with E-state index in [1.807, 2.05) is 79.7 Å². The maximum absolute atomic E-state index is 12.3. The van der Waals surface area contributed by atoms with E-state index in [2.05, 4.69) is 4.40 Å². The van der Waals surface area contributed by atoms with E-state index in [4.69, 9.17) is 4.74 Å². The maximum atomic E-state index is 12.3. The largest absolute Gasteiger partial charge is 0.861 e. The Kier molecular flexibility index (Phi) is 8.53. The van der Waals surface area contributed by atoms with Crippen molar-refractivity contribution in [3.05, 3.63) is 113 Å². The maximum Gasteiger partial charge on any atom is 0.310 e. The molecule has 0 saturated heterocycles. The number of carbonyl (C=O) groups is 1. The van der Waals surface area contributed by atoms with Crippen molar-refractivity contribution in [2.75, 3.05) is 0 Å². The van der Waals surface area contributed by atoms with Crippen molar-refractivity contribution < 1.29 is 23.1 Å². The Labute approximate surface area is 221 Å². The number of carbonyl (C=O) groups excluding carboxylic acids is 1. The van der Waals surface area contributed by atoms with Crippen molar-refractivity contribution in [1.82, 2.24) is 0 Å². The summed E-state index contributed by atoms with van der Waals surface area (Å²) in [6.07, 6.45) is 0.570. The summed E-state index contributed by atoms with van der Waals surface area (Å²) in [5.74, 6) is -0.956. The van der Waals surface area contributed by atoms with E-state index in [9.17, 15) is 18.3 Å². The highest BCUT2D eigenvalue weighted by molar-refractivity contribution is 7.92. The number of hydrogen-bond acceptors (Lipinski definition) is 6. The normalized spacial score (nSPS) is 11.9. The number of nitrogens with zero attached hydrogens (tertiary/aromatic N) is 1. The summed E-state index contributed by atoms with van der Waals surface area (Å²) in [7, 11) is -3.96. The van der Waals surface area contributed by atoms with Crippen molar-refractivity contribution in [1.29, 1.82) is 0 Å². The zero-order valence-corrected chi connectivity index (χ0v) is 21.9. The second kappa shape index (κ2) is 12.0. The molecule has 0 atom stereocenters. The molecule has 8 heteroatoms. The molecule has 0 fully saturated rings. The van der Waals surface area contributed by atoms with Gasteiger partial charge in [-0.3, -0.25) is 4.79 Å². The van der Waals surface area contributed by atoms with Crippen molar-refractivity contribution in [2.24, 2.45) is 4.40 Å². The Balaban J connectivity index is 1.37. The molecule has 0 radical (unpaired) electrons. The van der Waals surface area contributed by atoms with Crippen LogP contribution in [-0.2, 0) is 39.0 Å². The van der Waals surface area contributed by atoms with Crippen LogP contribution < -0.4 is 5.11 Å². The Morgan fingerprint density at radius 2 is 1.73 bits per heavy atom.